The standard InChI is InChI=1S/C22H18N2S/c23-16-8-11-18(12-9-16)25-22-13-10-17(24)14-21(22)20-7-3-5-15-4-1-2-6-19(15)20/h1-14H,23-24H2. The smallest absolute Gasteiger partial charge is 0.0321 e. The van der Waals surface area contributed by atoms with E-state index in [1.165, 1.54) is 21.2 Å². The van der Waals surface area contributed by atoms with E-state index in [0.29, 0.717) is 0 Å². The van der Waals surface area contributed by atoms with Crippen LogP contribution in [0.3, 0.4) is 0 Å². The Bertz CT molecular complexity index is 1030. The molecule has 4 aromatic rings. The second kappa shape index (κ2) is 6.54. The molecule has 0 bridgehead atoms. The van der Waals surface area contributed by atoms with Crippen molar-refractivity contribution in [2.75, 3.05) is 11.5 Å². The largest absolute Gasteiger partial charge is 0.399 e. The van der Waals surface area contributed by atoms with Gasteiger partial charge in [-0.3, -0.25) is 0 Å². The van der Waals surface area contributed by atoms with E-state index in [0.717, 1.165) is 21.8 Å². The molecule has 0 spiro atoms. The molecule has 0 unspecified atom stereocenters. The average molecular weight is 342 g/mol. The Morgan fingerprint density at radius 3 is 2.16 bits per heavy atom. The molecule has 4 rings (SSSR count). The molecule has 0 radical (unpaired) electrons. The van der Waals surface area contributed by atoms with Crippen LogP contribution in [0.4, 0.5) is 11.4 Å². The van der Waals surface area contributed by atoms with Crippen LogP contribution in [0.1, 0.15) is 0 Å². The van der Waals surface area contributed by atoms with E-state index in [1.54, 1.807) is 11.8 Å². The van der Waals surface area contributed by atoms with Gasteiger partial charge in [-0.2, -0.15) is 0 Å². The van der Waals surface area contributed by atoms with E-state index in [4.69, 9.17) is 11.5 Å². The van der Waals surface area contributed by atoms with Gasteiger partial charge in [0, 0.05) is 21.2 Å². The minimum Gasteiger partial charge on any atom is -0.399 e. The highest BCUT2D eigenvalue weighted by Crippen LogP contribution is 2.39. The first-order valence-electron chi connectivity index (χ1n) is 8.12. The fraction of sp³-hybridized carbons (Fsp3) is 0. The molecule has 2 nitrogen and oxygen atoms in total. The summed E-state index contributed by atoms with van der Waals surface area (Å²) in [6, 6.07) is 28.9. The van der Waals surface area contributed by atoms with Gasteiger partial charge >= 0.3 is 0 Å². The van der Waals surface area contributed by atoms with Crippen LogP contribution in [-0.2, 0) is 0 Å². The number of rotatable bonds is 3. The van der Waals surface area contributed by atoms with Gasteiger partial charge in [0.1, 0.15) is 0 Å². The first-order chi connectivity index (χ1) is 12.2. The normalized spacial score (nSPS) is 10.9. The van der Waals surface area contributed by atoms with Crippen LogP contribution in [0, 0.1) is 0 Å². The van der Waals surface area contributed by atoms with Crippen LogP contribution in [-0.4, -0.2) is 0 Å². The Hall–Kier alpha value is -2.91. The minimum absolute atomic E-state index is 0.768. The number of hydrogen-bond donors (Lipinski definition) is 2. The van der Waals surface area contributed by atoms with Gasteiger partial charge in [0.05, 0.1) is 0 Å². The third-order valence-electron chi connectivity index (χ3n) is 4.19. The molecule has 0 atom stereocenters. The van der Waals surface area contributed by atoms with E-state index in [9.17, 15) is 0 Å². The zero-order valence-electron chi connectivity index (χ0n) is 13.6. The van der Waals surface area contributed by atoms with E-state index < -0.39 is 0 Å². The average Bonchev–Trinajstić information content (AvgIpc) is 2.64. The zero-order valence-corrected chi connectivity index (χ0v) is 14.5. The van der Waals surface area contributed by atoms with Gasteiger partial charge in [-0.1, -0.05) is 54.2 Å². The van der Waals surface area contributed by atoms with Crippen LogP contribution in [0.5, 0.6) is 0 Å². The van der Waals surface area contributed by atoms with Crippen LogP contribution in [0.15, 0.2) is 94.7 Å². The molecule has 0 heterocycles. The van der Waals surface area contributed by atoms with Crippen LogP contribution in [0.25, 0.3) is 21.9 Å². The molecule has 3 heteroatoms. The molecular weight excluding hydrogens is 324 g/mol. The van der Waals surface area contributed by atoms with Gasteiger partial charge in [-0.05, 0) is 64.4 Å². The lowest BCUT2D eigenvalue weighted by molar-refractivity contribution is 1.41. The summed E-state index contributed by atoms with van der Waals surface area (Å²) in [6.45, 7) is 0. The molecule has 0 aliphatic rings. The molecule has 0 fully saturated rings. The topological polar surface area (TPSA) is 52.0 Å². The Balaban J connectivity index is 1.86. The second-order valence-corrected chi connectivity index (χ2v) is 7.07. The van der Waals surface area contributed by atoms with Crippen molar-refractivity contribution in [1.82, 2.24) is 0 Å². The molecule has 0 aliphatic carbocycles. The number of hydrogen-bond acceptors (Lipinski definition) is 3. The maximum Gasteiger partial charge on any atom is 0.0321 e. The lowest BCUT2D eigenvalue weighted by Crippen LogP contribution is -1.90. The molecule has 4 N–H and O–H groups in total. The molecule has 4 aromatic carbocycles. The number of nitrogen functional groups attached to an aromatic ring is 2. The van der Waals surface area contributed by atoms with Crippen LogP contribution in [0.2, 0.25) is 0 Å². The molecule has 0 saturated carbocycles. The summed E-state index contributed by atoms with van der Waals surface area (Å²) in [5.41, 5.74) is 15.8. The van der Waals surface area contributed by atoms with Crippen molar-refractivity contribution >= 4 is 33.9 Å². The Morgan fingerprint density at radius 2 is 1.32 bits per heavy atom. The van der Waals surface area contributed by atoms with Crippen molar-refractivity contribution in [3.8, 4) is 11.1 Å². The molecule has 0 amide bonds. The highest BCUT2D eigenvalue weighted by Gasteiger charge is 2.10. The Labute approximate surface area is 151 Å². The first kappa shape index (κ1) is 15.6. The lowest BCUT2D eigenvalue weighted by atomic mass is 9.98. The van der Waals surface area contributed by atoms with Crippen LogP contribution < -0.4 is 11.5 Å². The van der Waals surface area contributed by atoms with Crippen molar-refractivity contribution in [2.45, 2.75) is 9.79 Å². The monoisotopic (exact) mass is 342 g/mol. The van der Waals surface area contributed by atoms with Crippen LogP contribution >= 0.6 is 11.8 Å². The summed E-state index contributed by atoms with van der Waals surface area (Å²) >= 11 is 1.72. The number of benzene rings is 4. The zero-order chi connectivity index (χ0) is 17.2. The van der Waals surface area contributed by atoms with Gasteiger partial charge in [0.15, 0.2) is 0 Å². The Kier molecular flexibility index (Phi) is 4.08. The molecule has 0 aliphatic heterocycles. The number of anilines is 2. The predicted octanol–water partition coefficient (Wildman–Crippen LogP) is 5.82. The summed E-state index contributed by atoms with van der Waals surface area (Å²) < 4.78 is 0. The summed E-state index contributed by atoms with van der Waals surface area (Å²) in [7, 11) is 0. The fourth-order valence-electron chi connectivity index (χ4n) is 2.97. The number of fused-ring (bicyclic) bond motifs is 1. The molecule has 25 heavy (non-hydrogen) atoms. The second-order valence-electron chi connectivity index (χ2n) is 5.95. The lowest BCUT2D eigenvalue weighted by Gasteiger charge is -2.13. The van der Waals surface area contributed by atoms with E-state index >= 15 is 0 Å². The fourth-order valence-corrected chi connectivity index (χ4v) is 3.91. The third kappa shape index (κ3) is 3.19. The van der Waals surface area contributed by atoms with Crippen molar-refractivity contribution in [2.24, 2.45) is 0 Å². The Morgan fingerprint density at radius 1 is 0.600 bits per heavy atom. The van der Waals surface area contributed by atoms with Gasteiger partial charge < -0.3 is 11.5 Å². The highest BCUT2D eigenvalue weighted by molar-refractivity contribution is 7.99. The van der Waals surface area contributed by atoms with Gasteiger partial charge in [0.2, 0.25) is 0 Å². The molecule has 0 aromatic heterocycles. The van der Waals surface area contributed by atoms with Gasteiger partial charge in [-0.15, -0.1) is 0 Å². The quantitative estimate of drug-likeness (QED) is 0.461. The van der Waals surface area contributed by atoms with E-state index in [1.807, 2.05) is 30.3 Å². The first-order valence-corrected chi connectivity index (χ1v) is 8.93. The van der Waals surface area contributed by atoms with Crippen molar-refractivity contribution in [3.63, 3.8) is 0 Å². The molecule has 122 valence electrons. The summed E-state index contributed by atoms with van der Waals surface area (Å²) in [5, 5.41) is 2.46. The third-order valence-corrected chi connectivity index (χ3v) is 5.28. The number of nitrogens with two attached hydrogens (primary N) is 2. The van der Waals surface area contributed by atoms with Gasteiger partial charge in [0.25, 0.3) is 0 Å². The summed E-state index contributed by atoms with van der Waals surface area (Å²) in [4.78, 5) is 2.33. The van der Waals surface area contributed by atoms with Crippen molar-refractivity contribution in [3.05, 3.63) is 84.9 Å². The van der Waals surface area contributed by atoms with Crippen molar-refractivity contribution < 1.29 is 0 Å². The SMILES string of the molecule is Nc1ccc(Sc2ccc(N)cc2-c2cccc3ccccc23)cc1. The van der Waals surface area contributed by atoms with E-state index in [-0.39, 0.29) is 0 Å². The summed E-state index contributed by atoms with van der Waals surface area (Å²) in [5.74, 6) is 0. The minimum atomic E-state index is 0.768. The maximum absolute atomic E-state index is 6.10. The predicted molar refractivity (Wildman–Crippen MR) is 109 cm³/mol. The highest BCUT2D eigenvalue weighted by atomic mass is 32.2. The van der Waals surface area contributed by atoms with Gasteiger partial charge in [-0.25, -0.2) is 0 Å². The molecule has 0 saturated heterocycles. The summed E-state index contributed by atoms with van der Waals surface area (Å²) in [6.07, 6.45) is 0. The molecular formula is C22H18N2S. The maximum atomic E-state index is 6.10. The van der Waals surface area contributed by atoms with Crippen molar-refractivity contribution in [1.29, 1.82) is 0 Å². The van der Waals surface area contributed by atoms with E-state index in [2.05, 4.69) is 54.6 Å².